The van der Waals surface area contributed by atoms with E-state index < -0.39 is 11.9 Å². The van der Waals surface area contributed by atoms with E-state index >= 15 is 0 Å². The highest BCUT2D eigenvalue weighted by molar-refractivity contribution is 6.07. The first-order valence-electron chi connectivity index (χ1n) is 12.2. The monoisotopic (exact) mass is 509 g/mol. The van der Waals surface area contributed by atoms with Gasteiger partial charge in [0.05, 0.1) is 24.9 Å². The van der Waals surface area contributed by atoms with Crippen LogP contribution in [-0.2, 0) is 4.79 Å². The van der Waals surface area contributed by atoms with Gasteiger partial charge in [-0.3, -0.25) is 9.59 Å². The average molecular weight is 510 g/mol. The third-order valence-corrected chi connectivity index (χ3v) is 5.50. The van der Waals surface area contributed by atoms with Crippen LogP contribution in [0.25, 0.3) is 10.8 Å². The van der Waals surface area contributed by atoms with Crippen LogP contribution < -0.4 is 20.2 Å². The molecule has 4 aromatic carbocycles. The zero-order valence-electron chi connectivity index (χ0n) is 20.8. The van der Waals surface area contributed by atoms with Gasteiger partial charge in [0.15, 0.2) is 0 Å². The first-order valence-corrected chi connectivity index (χ1v) is 12.2. The minimum atomic E-state index is -0.480. The van der Waals surface area contributed by atoms with Crippen molar-refractivity contribution in [2.45, 2.75) is 13.3 Å². The summed E-state index contributed by atoms with van der Waals surface area (Å²) in [5.74, 6) is -0.213. The van der Waals surface area contributed by atoms with Gasteiger partial charge in [-0.1, -0.05) is 43.3 Å². The summed E-state index contributed by atoms with van der Waals surface area (Å²) in [6.45, 7) is 2.42. The fourth-order valence-corrected chi connectivity index (χ4v) is 3.59. The Morgan fingerprint density at radius 1 is 0.842 bits per heavy atom. The SMILES string of the molecule is CCCOc1ccc(C(=O)Oc2ccc(/C=N\NC(=O)CNC(=O)c3cccc4ccccc34)cc2)cc1. The largest absolute Gasteiger partial charge is 0.494 e. The number of rotatable bonds is 10. The second-order valence-corrected chi connectivity index (χ2v) is 8.33. The molecule has 0 aliphatic heterocycles. The minimum Gasteiger partial charge on any atom is -0.494 e. The average Bonchev–Trinajstić information content (AvgIpc) is 2.95. The van der Waals surface area contributed by atoms with E-state index in [2.05, 4.69) is 15.8 Å². The molecule has 0 aromatic heterocycles. The molecule has 0 unspecified atom stereocenters. The van der Waals surface area contributed by atoms with Crippen LogP contribution in [-0.4, -0.2) is 37.1 Å². The quantitative estimate of drug-likeness (QED) is 0.139. The number of nitrogens with one attached hydrogen (secondary N) is 2. The van der Waals surface area contributed by atoms with Crippen LogP contribution in [0, 0.1) is 0 Å². The fourth-order valence-electron chi connectivity index (χ4n) is 3.59. The topological polar surface area (TPSA) is 106 Å². The van der Waals surface area contributed by atoms with Gasteiger partial charge in [-0.15, -0.1) is 0 Å². The molecule has 0 atom stereocenters. The number of amides is 2. The first-order chi connectivity index (χ1) is 18.5. The Hall–Kier alpha value is -4.98. The Labute approximate surface area is 220 Å². The fraction of sp³-hybridized carbons (Fsp3) is 0.133. The molecule has 8 nitrogen and oxygen atoms in total. The first kappa shape index (κ1) is 26.1. The van der Waals surface area contributed by atoms with Gasteiger partial charge in [-0.25, -0.2) is 10.2 Å². The minimum absolute atomic E-state index is 0.222. The van der Waals surface area contributed by atoms with E-state index in [0.29, 0.717) is 34.8 Å². The van der Waals surface area contributed by atoms with Gasteiger partial charge in [0, 0.05) is 5.56 Å². The van der Waals surface area contributed by atoms with Crippen molar-refractivity contribution in [1.82, 2.24) is 10.7 Å². The molecule has 38 heavy (non-hydrogen) atoms. The zero-order valence-corrected chi connectivity index (χ0v) is 20.8. The maximum absolute atomic E-state index is 12.5. The van der Waals surface area contributed by atoms with Crippen molar-refractivity contribution in [2.75, 3.05) is 13.2 Å². The zero-order chi connectivity index (χ0) is 26.7. The molecule has 0 aliphatic carbocycles. The standard InChI is InChI=1S/C30H27N3O5/c1-2-18-37-24-16-12-23(13-17-24)30(36)38-25-14-10-21(11-15-25)19-32-33-28(34)20-31-29(35)27-9-5-7-22-6-3-4-8-26(22)27/h3-17,19H,2,18,20H2,1H3,(H,31,35)(H,33,34)/b32-19-. The predicted octanol–water partition coefficient (Wildman–Crippen LogP) is 4.73. The lowest BCUT2D eigenvalue weighted by atomic mass is 10.0. The van der Waals surface area contributed by atoms with Gasteiger partial charge < -0.3 is 14.8 Å². The second-order valence-electron chi connectivity index (χ2n) is 8.33. The number of nitrogens with zero attached hydrogens (tertiary/aromatic N) is 1. The molecule has 0 aliphatic rings. The second kappa shape index (κ2) is 12.8. The van der Waals surface area contributed by atoms with Crippen molar-refractivity contribution in [3.63, 3.8) is 0 Å². The van der Waals surface area contributed by atoms with E-state index in [9.17, 15) is 14.4 Å². The van der Waals surface area contributed by atoms with Gasteiger partial charge >= 0.3 is 5.97 Å². The van der Waals surface area contributed by atoms with Crippen LogP contribution in [0.4, 0.5) is 0 Å². The Morgan fingerprint density at radius 2 is 1.55 bits per heavy atom. The molecule has 2 N–H and O–H groups in total. The lowest BCUT2D eigenvalue weighted by Gasteiger charge is -2.07. The molecular formula is C30H27N3O5. The molecule has 0 heterocycles. The normalized spacial score (nSPS) is 10.8. The molecule has 4 rings (SSSR count). The molecule has 0 fully saturated rings. The summed E-state index contributed by atoms with van der Waals surface area (Å²) in [6, 6.07) is 26.4. The Morgan fingerprint density at radius 3 is 2.32 bits per heavy atom. The van der Waals surface area contributed by atoms with Gasteiger partial charge in [0.2, 0.25) is 0 Å². The van der Waals surface area contributed by atoms with Crippen molar-refractivity contribution in [1.29, 1.82) is 0 Å². The highest BCUT2D eigenvalue weighted by Gasteiger charge is 2.11. The molecular weight excluding hydrogens is 482 g/mol. The molecule has 8 heteroatoms. The van der Waals surface area contributed by atoms with Gasteiger partial charge in [0.1, 0.15) is 11.5 Å². The maximum Gasteiger partial charge on any atom is 0.343 e. The van der Waals surface area contributed by atoms with Crippen molar-refractivity contribution in [3.8, 4) is 11.5 Å². The summed E-state index contributed by atoms with van der Waals surface area (Å²) in [5, 5.41) is 8.29. The van der Waals surface area contributed by atoms with Gasteiger partial charge in [0.25, 0.3) is 11.8 Å². The number of esters is 1. The molecule has 192 valence electrons. The third-order valence-electron chi connectivity index (χ3n) is 5.50. The van der Waals surface area contributed by atoms with Gasteiger partial charge in [-0.2, -0.15) is 5.10 Å². The van der Waals surface area contributed by atoms with Crippen molar-refractivity contribution in [2.24, 2.45) is 5.10 Å². The smallest absolute Gasteiger partial charge is 0.343 e. The molecule has 0 spiro atoms. The molecule has 0 bridgehead atoms. The number of carbonyl (C=O) groups excluding carboxylic acids is 3. The number of hydrazone groups is 1. The molecule has 2 amide bonds. The Kier molecular flexibility index (Phi) is 8.80. The molecule has 4 aromatic rings. The maximum atomic E-state index is 12.5. The van der Waals surface area contributed by atoms with Crippen LogP contribution in [0.5, 0.6) is 11.5 Å². The number of hydrogen-bond acceptors (Lipinski definition) is 6. The number of ether oxygens (including phenoxy) is 2. The lowest BCUT2D eigenvalue weighted by molar-refractivity contribution is -0.120. The van der Waals surface area contributed by atoms with E-state index in [1.165, 1.54) is 6.21 Å². The van der Waals surface area contributed by atoms with E-state index in [4.69, 9.17) is 9.47 Å². The van der Waals surface area contributed by atoms with Gasteiger partial charge in [-0.05, 0) is 77.4 Å². The number of carbonyl (C=O) groups is 3. The van der Waals surface area contributed by atoms with Crippen molar-refractivity contribution >= 4 is 34.8 Å². The summed E-state index contributed by atoms with van der Waals surface area (Å²) in [5.41, 5.74) is 3.97. The third kappa shape index (κ3) is 7.04. The highest BCUT2D eigenvalue weighted by atomic mass is 16.5. The summed E-state index contributed by atoms with van der Waals surface area (Å²) >= 11 is 0. The summed E-state index contributed by atoms with van der Waals surface area (Å²) in [7, 11) is 0. The van der Waals surface area contributed by atoms with E-state index in [0.717, 1.165) is 17.2 Å². The molecule has 0 saturated carbocycles. The summed E-state index contributed by atoms with van der Waals surface area (Å²) in [4.78, 5) is 37.0. The van der Waals surface area contributed by atoms with Crippen molar-refractivity contribution < 1.29 is 23.9 Å². The van der Waals surface area contributed by atoms with E-state index in [-0.39, 0.29) is 12.5 Å². The summed E-state index contributed by atoms with van der Waals surface area (Å²) in [6.07, 6.45) is 2.35. The molecule has 0 radical (unpaired) electrons. The highest BCUT2D eigenvalue weighted by Crippen LogP contribution is 2.18. The number of hydrogen-bond donors (Lipinski definition) is 2. The number of benzene rings is 4. The van der Waals surface area contributed by atoms with E-state index in [1.807, 2.05) is 37.3 Å². The summed E-state index contributed by atoms with van der Waals surface area (Å²) < 4.78 is 10.9. The molecule has 0 saturated heterocycles. The Balaban J connectivity index is 1.23. The van der Waals surface area contributed by atoms with Crippen LogP contribution >= 0.6 is 0 Å². The van der Waals surface area contributed by atoms with Crippen LogP contribution in [0.3, 0.4) is 0 Å². The predicted molar refractivity (Wildman–Crippen MR) is 146 cm³/mol. The van der Waals surface area contributed by atoms with Crippen LogP contribution in [0.15, 0.2) is 96.1 Å². The number of fused-ring (bicyclic) bond motifs is 1. The van der Waals surface area contributed by atoms with Crippen LogP contribution in [0.2, 0.25) is 0 Å². The van der Waals surface area contributed by atoms with Crippen LogP contribution in [0.1, 0.15) is 39.6 Å². The van der Waals surface area contributed by atoms with Crippen molar-refractivity contribution in [3.05, 3.63) is 108 Å². The lowest BCUT2D eigenvalue weighted by Crippen LogP contribution is -2.35. The van der Waals surface area contributed by atoms with E-state index in [1.54, 1.807) is 60.7 Å². The Bertz CT molecular complexity index is 1440.